The topological polar surface area (TPSA) is 66.8 Å². The van der Waals surface area contributed by atoms with Crippen LogP contribution < -0.4 is 0 Å². The van der Waals surface area contributed by atoms with Crippen LogP contribution >= 0.6 is 0 Å². The van der Waals surface area contributed by atoms with E-state index in [1.54, 1.807) is 12.1 Å². The number of carbonyl (C=O) groups excluding carboxylic acids is 1. The summed E-state index contributed by atoms with van der Waals surface area (Å²) in [6, 6.07) is 8.37. The van der Waals surface area contributed by atoms with Gasteiger partial charge in [-0.1, -0.05) is 12.1 Å². The number of amides is 1. The quantitative estimate of drug-likeness (QED) is 0.787. The lowest BCUT2D eigenvalue weighted by Gasteiger charge is -2.17. The molecule has 0 bridgehead atoms. The van der Waals surface area contributed by atoms with Crippen molar-refractivity contribution in [3.8, 4) is 11.3 Å². The summed E-state index contributed by atoms with van der Waals surface area (Å²) in [4.78, 5) is 14.8. The van der Waals surface area contributed by atoms with Crippen LogP contribution in [0, 0.1) is 19.7 Å². The fraction of sp³-hybridized carbons (Fsp3) is 0.316. The summed E-state index contributed by atoms with van der Waals surface area (Å²) in [5.41, 5.74) is 3.70. The van der Waals surface area contributed by atoms with Crippen LogP contribution in [0.4, 0.5) is 4.39 Å². The highest BCUT2D eigenvalue weighted by Crippen LogP contribution is 2.27. The van der Waals surface area contributed by atoms with Gasteiger partial charge in [-0.25, -0.2) is 4.39 Å². The normalized spacial score (nSPS) is 17.0. The zero-order chi connectivity index (χ0) is 18.3. The van der Waals surface area contributed by atoms with Crippen molar-refractivity contribution < 1.29 is 9.18 Å². The van der Waals surface area contributed by atoms with Crippen LogP contribution in [0.15, 0.2) is 36.5 Å². The number of benzene rings is 1. The van der Waals surface area contributed by atoms with Gasteiger partial charge in [0.05, 0.1) is 29.2 Å². The number of hydrogen-bond donors (Lipinski definition) is 1. The van der Waals surface area contributed by atoms with E-state index in [2.05, 4.69) is 15.3 Å². The van der Waals surface area contributed by atoms with Crippen LogP contribution in [0.5, 0.6) is 0 Å². The fourth-order valence-corrected chi connectivity index (χ4v) is 3.62. The molecule has 1 amide bonds. The van der Waals surface area contributed by atoms with E-state index in [-0.39, 0.29) is 17.8 Å². The van der Waals surface area contributed by atoms with Crippen LogP contribution in [0.1, 0.15) is 34.2 Å². The number of aromatic nitrogens is 4. The molecule has 7 heteroatoms. The average Bonchev–Trinajstić information content (AvgIpc) is 3.33. The Balaban J connectivity index is 1.56. The highest BCUT2D eigenvalue weighted by atomic mass is 19.1. The second-order valence-electron chi connectivity index (χ2n) is 6.73. The summed E-state index contributed by atoms with van der Waals surface area (Å²) in [6.07, 6.45) is 2.38. The molecule has 26 heavy (non-hydrogen) atoms. The average molecular weight is 353 g/mol. The summed E-state index contributed by atoms with van der Waals surface area (Å²) in [5, 5.41) is 11.4. The van der Waals surface area contributed by atoms with Crippen molar-refractivity contribution in [1.82, 2.24) is 24.9 Å². The highest BCUT2D eigenvalue weighted by Gasteiger charge is 2.31. The Bertz CT molecular complexity index is 961. The zero-order valence-electron chi connectivity index (χ0n) is 14.7. The SMILES string of the molecule is Cc1cc(C)n([C@H]2CCN(C(=O)c3cn[nH]c3-c3cccc(F)c3)C2)n1. The molecule has 3 heterocycles. The molecular weight excluding hydrogens is 333 g/mol. The molecule has 0 saturated carbocycles. The van der Waals surface area contributed by atoms with Gasteiger partial charge in [0.25, 0.3) is 5.91 Å². The monoisotopic (exact) mass is 353 g/mol. The smallest absolute Gasteiger partial charge is 0.257 e. The number of aromatic amines is 1. The molecule has 6 nitrogen and oxygen atoms in total. The van der Waals surface area contributed by atoms with Crippen molar-refractivity contribution in [3.05, 3.63) is 59.3 Å². The molecule has 1 fully saturated rings. The number of nitrogens with zero attached hydrogens (tertiary/aromatic N) is 4. The number of halogens is 1. The molecule has 1 N–H and O–H groups in total. The minimum atomic E-state index is -0.346. The number of nitrogens with one attached hydrogen (secondary N) is 1. The van der Waals surface area contributed by atoms with Crippen LogP contribution in [0.3, 0.4) is 0 Å². The predicted octanol–water partition coefficient (Wildman–Crippen LogP) is 3.12. The Morgan fingerprint density at radius 1 is 1.31 bits per heavy atom. The van der Waals surface area contributed by atoms with Crippen molar-refractivity contribution in [2.45, 2.75) is 26.3 Å². The van der Waals surface area contributed by atoms with E-state index in [9.17, 15) is 9.18 Å². The number of hydrogen-bond acceptors (Lipinski definition) is 3. The standard InChI is InChI=1S/C19H20FN5O/c1-12-8-13(2)25(23-12)16-6-7-24(11-16)19(26)17-10-21-22-18(17)14-4-3-5-15(20)9-14/h3-5,8-10,16H,6-7,11H2,1-2H3,(H,21,22)/t16-/m0/s1. The second kappa shape index (κ2) is 6.40. The van der Waals surface area contributed by atoms with E-state index in [0.717, 1.165) is 17.8 Å². The molecule has 1 atom stereocenters. The maximum absolute atomic E-state index is 13.5. The van der Waals surface area contributed by atoms with Gasteiger partial charge in [0.1, 0.15) is 5.82 Å². The van der Waals surface area contributed by atoms with Gasteiger partial charge in [-0.3, -0.25) is 14.6 Å². The number of rotatable bonds is 3. The molecule has 0 unspecified atom stereocenters. The summed E-state index contributed by atoms with van der Waals surface area (Å²) in [6.45, 7) is 5.27. The summed E-state index contributed by atoms with van der Waals surface area (Å²) in [5.74, 6) is -0.441. The van der Waals surface area contributed by atoms with E-state index in [4.69, 9.17) is 0 Å². The molecule has 1 aliphatic rings. The van der Waals surface area contributed by atoms with Gasteiger partial charge >= 0.3 is 0 Å². The number of likely N-dealkylation sites (tertiary alicyclic amines) is 1. The summed E-state index contributed by atoms with van der Waals surface area (Å²) in [7, 11) is 0. The molecule has 1 aromatic carbocycles. The first-order chi connectivity index (χ1) is 12.5. The Morgan fingerprint density at radius 3 is 2.88 bits per heavy atom. The fourth-order valence-electron chi connectivity index (χ4n) is 3.62. The van der Waals surface area contributed by atoms with E-state index in [1.807, 2.05) is 29.5 Å². The van der Waals surface area contributed by atoms with Crippen molar-refractivity contribution in [3.63, 3.8) is 0 Å². The highest BCUT2D eigenvalue weighted by molar-refractivity contribution is 5.99. The van der Waals surface area contributed by atoms with Crippen LogP contribution in [0.25, 0.3) is 11.3 Å². The first-order valence-corrected chi connectivity index (χ1v) is 8.64. The molecule has 1 aliphatic heterocycles. The molecule has 0 spiro atoms. The van der Waals surface area contributed by atoms with Gasteiger partial charge in [0.15, 0.2) is 0 Å². The lowest BCUT2D eigenvalue weighted by Crippen LogP contribution is -2.29. The van der Waals surface area contributed by atoms with Gasteiger partial charge in [-0.05, 0) is 38.5 Å². The van der Waals surface area contributed by atoms with Gasteiger partial charge < -0.3 is 4.90 Å². The summed E-state index contributed by atoms with van der Waals surface area (Å²) < 4.78 is 15.5. The molecule has 1 saturated heterocycles. The van der Waals surface area contributed by atoms with Crippen molar-refractivity contribution in [1.29, 1.82) is 0 Å². The first-order valence-electron chi connectivity index (χ1n) is 8.64. The molecule has 0 radical (unpaired) electrons. The van der Waals surface area contributed by atoms with Crippen LogP contribution in [-0.4, -0.2) is 43.9 Å². The van der Waals surface area contributed by atoms with Crippen molar-refractivity contribution >= 4 is 5.91 Å². The maximum Gasteiger partial charge on any atom is 0.257 e. The first kappa shape index (κ1) is 16.5. The zero-order valence-corrected chi connectivity index (χ0v) is 14.7. The molecule has 2 aromatic heterocycles. The minimum Gasteiger partial charge on any atom is -0.336 e. The Hall–Kier alpha value is -2.96. The molecular formula is C19H20FN5O. The van der Waals surface area contributed by atoms with Crippen molar-refractivity contribution in [2.24, 2.45) is 0 Å². The van der Waals surface area contributed by atoms with Crippen molar-refractivity contribution in [2.75, 3.05) is 13.1 Å². The Labute approximate surface area is 150 Å². The van der Waals surface area contributed by atoms with Crippen LogP contribution in [0.2, 0.25) is 0 Å². The largest absolute Gasteiger partial charge is 0.336 e. The Morgan fingerprint density at radius 2 is 2.15 bits per heavy atom. The number of aryl methyl sites for hydroxylation is 2. The minimum absolute atomic E-state index is 0.0953. The molecule has 0 aliphatic carbocycles. The molecule has 4 rings (SSSR count). The van der Waals surface area contributed by atoms with E-state index >= 15 is 0 Å². The van der Waals surface area contributed by atoms with Gasteiger partial charge in [-0.2, -0.15) is 10.2 Å². The third-order valence-corrected chi connectivity index (χ3v) is 4.82. The Kier molecular flexibility index (Phi) is 4.06. The summed E-state index contributed by atoms with van der Waals surface area (Å²) >= 11 is 0. The number of H-pyrrole nitrogens is 1. The van der Waals surface area contributed by atoms with Gasteiger partial charge in [0.2, 0.25) is 0 Å². The number of carbonyl (C=O) groups is 1. The lowest BCUT2D eigenvalue weighted by atomic mass is 10.1. The third kappa shape index (κ3) is 2.89. The van der Waals surface area contributed by atoms with Gasteiger partial charge in [0, 0.05) is 24.3 Å². The molecule has 134 valence electrons. The third-order valence-electron chi connectivity index (χ3n) is 4.82. The van der Waals surface area contributed by atoms with E-state index in [0.29, 0.717) is 29.9 Å². The van der Waals surface area contributed by atoms with Crippen LogP contribution in [-0.2, 0) is 0 Å². The lowest BCUT2D eigenvalue weighted by molar-refractivity contribution is 0.0787. The maximum atomic E-state index is 13.5. The predicted molar refractivity (Wildman–Crippen MR) is 95.2 cm³/mol. The van der Waals surface area contributed by atoms with Gasteiger partial charge in [-0.15, -0.1) is 0 Å². The second-order valence-corrected chi connectivity index (χ2v) is 6.73. The van der Waals surface area contributed by atoms with E-state index < -0.39 is 0 Å². The molecule has 3 aromatic rings. The van der Waals surface area contributed by atoms with E-state index in [1.165, 1.54) is 18.3 Å².